The number of hydrogen-bond donors (Lipinski definition) is 1. The van der Waals surface area contributed by atoms with Gasteiger partial charge >= 0.3 is 0 Å². The Labute approximate surface area is 181 Å². The molecule has 2 aromatic rings. The van der Waals surface area contributed by atoms with Gasteiger partial charge < -0.3 is 24.1 Å². The normalized spacial score (nSPS) is 19.6. The lowest BCUT2D eigenvalue weighted by atomic mass is 9.95. The van der Waals surface area contributed by atoms with Gasteiger partial charge in [-0.15, -0.1) is 0 Å². The predicted molar refractivity (Wildman–Crippen MR) is 115 cm³/mol. The van der Waals surface area contributed by atoms with E-state index in [2.05, 4.69) is 4.90 Å². The second-order valence-electron chi connectivity index (χ2n) is 8.26. The second kappa shape index (κ2) is 8.98. The number of hydrogen-bond acceptors (Lipinski definition) is 6. The van der Waals surface area contributed by atoms with Gasteiger partial charge in [0.2, 0.25) is 5.78 Å². The summed E-state index contributed by atoms with van der Waals surface area (Å²) in [5.41, 5.74) is 0.759. The molecule has 1 fully saturated rings. The standard InChI is InChI=1S/C24H28N2O5/c1-16(2)31-18-8-5-7-17(15-18)21-20(22(27)19-9-6-14-30-19)23(28)24(29)26(21)13-12-25-10-3-4-11-25/h5-9,14-16,21,28H,3-4,10-13H2,1-2H3. The van der Waals surface area contributed by atoms with Crippen molar-refractivity contribution in [2.75, 3.05) is 26.2 Å². The first-order valence-corrected chi connectivity index (χ1v) is 10.8. The van der Waals surface area contributed by atoms with Gasteiger partial charge in [0.1, 0.15) is 5.75 Å². The number of amides is 1. The van der Waals surface area contributed by atoms with Crippen molar-refractivity contribution >= 4 is 11.7 Å². The SMILES string of the molecule is CC(C)Oc1cccc(C2C(C(=O)c3ccco3)=C(O)C(=O)N2CCN2CCCC2)c1. The Balaban J connectivity index is 1.70. The summed E-state index contributed by atoms with van der Waals surface area (Å²) in [4.78, 5) is 30.1. The second-order valence-corrected chi connectivity index (χ2v) is 8.26. The number of aliphatic hydroxyl groups is 1. The van der Waals surface area contributed by atoms with Gasteiger partial charge in [0.15, 0.2) is 11.5 Å². The molecule has 1 N–H and O–H groups in total. The van der Waals surface area contributed by atoms with Crippen LogP contribution in [0.4, 0.5) is 0 Å². The summed E-state index contributed by atoms with van der Waals surface area (Å²) in [5, 5.41) is 10.7. The van der Waals surface area contributed by atoms with Crippen molar-refractivity contribution in [2.24, 2.45) is 0 Å². The Hall–Kier alpha value is -3.06. The number of ether oxygens (including phenoxy) is 1. The summed E-state index contributed by atoms with van der Waals surface area (Å²) < 4.78 is 11.1. The number of aliphatic hydroxyl groups excluding tert-OH is 1. The fourth-order valence-corrected chi connectivity index (χ4v) is 4.29. The molecule has 0 saturated carbocycles. The van der Waals surface area contributed by atoms with Crippen molar-refractivity contribution in [2.45, 2.75) is 38.8 Å². The first-order chi connectivity index (χ1) is 15.0. The van der Waals surface area contributed by atoms with Crippen molar-refractivity contribution in [3.05, 3.63) is 65.3 Å². The molecule has 0 aliphatic carbocycles. The van der Waals surface area contributed by atoms with Gasteiger partial charge in [0.05, 0.1) is 24.0 Å². The van der Waals surface area contributed by atoms with Crippen molar-refractivity contribution in [1.82, 2.24) is 9.80 Å². The lowest BCUT2D eigenvalue weighted by molar-refractivity contribution is -0.129. The third kappa shape index (κ3) is 4.37. The maximum atomic E-state index is 13.2. The van der Waals surface area contributed by atoms with E-state index in [4.69, 9.17) is 9.15 Å². The Kier molecular flexibility index (Phi) is 6.13. The minimum atomic E-state index is -0.705. The molecular weight excluding hydrogens is 396 g/mol. The number of carbonyl (C=O) groups excluding carboxylic acids is 2. The van der Waals surface area contributed by atoms with Gasteiger partial charge in [-0.3, -0.25) is 9.59 Å². The molecule has 1 aromatic heterocycles. The quantitative estimate of drug-likeness (QED) is 0.650. The predicted octanol–water partition coefficient (Wildman–Crippen LogP) is 3.74. The van der Waals surface area contributed by atoms with Crippen LogP contribution in [0.3, 0.4) is 0 Å². The molecule has 1 unspecified atom stereocenters. The largest absolute Gasteiger partial charge is 0.503 e. The van der Waals surface area contributed by atoms with Gasteiger partial charge in [0.25, 0.3) is 5.91 Å². The molecular formula is C24H28N2O5. The van der Waals surface area contributed by atoms with E-state index in [9.17, 15) is 14.7 Å². The van der Waals surface area contributed by atoms with Crippen molar-refractivity contribution in [3.8, 4) is 5.75 Å². The summed E-state index contributed by atoms with van der Waals surface area (Å²) in [5.74, 6) is -0.789. The number of carbonyl (C=O) groups is 2. The van der Waals surface area contributed by atoms with Gasteiger partial charge in [-0.1, -0.05) is 12.1 Å². The first-order valence-electron chi connectivity index (χ1n) is 10.8. The van der Waals surface area contributed by atoms with Crippen molar-refractivity contribution in [3.63, 3.8) is 0 Å². The Morgan fingerprint density at radius 2 is 1.97 bits per heavy atom. The molecule has 7 heteroatoms. The van der Waals surface area contributed by atoms with E-state index in [1.54, 1.807) is 11.0 Å². The fourth-order valence-electron chi connectivity index (χ4n) is 4.29. The Morgan fingerprint density at radius 3 is 2.65 bits per heavy atom. The summed E-state index contributed by atoms with van der Waals surface area (Å²) >= 11 is 0. The van der Waals surface area contributed by atoms with Crippen molar-refractivity contribution in [1.29, 1.82) is 0 Å². The van der Waals surface area contributed by atoms with Gasteiger partial charge in [-0.2, -0.15) is 0 Å². The van der Waals surface area contributed by atoms with E-state index in [-0.39, 0.29) is 17.4 Å². The van der Waals surface area contributed by atoms with E-state index < -0.39 is 23.5 Å². The number of ketones is 1. The molecule has 2 aliphatic heterocycles. The molecule has 7 nitrogen and oxygen atoms in total. The molecule has 31 heavy (non-hydrogen) atoms. The molecule has 1 saturated heterocycles. The van der Waals surface area contributed by atoms with Crippen LogP contribution in [0.5, 0.6) is 5.75 Å². The highest BCUT2D eigenvalue weighted by Gasteiger charge is 2.44. The van der Waals surface area contributed by atoms with Crippen LogP contribution in [-0.4, -0.2) is 58.9 Å². The summed E-state index contributed by atoms with van der Waals surface area (Å²) in [6, 6.07) is 9.79. The molecule has 1 atom stereocenters. The van der Waals surface area contributed by atoms with Crippen LogP contribution >= 0.6 is 0 Å². The zero-order valence-electron chi connectivity index (χ0n) is 17.9. The number of benzene rings is 1. The highest BCUT2D eigenvalue weighted by atomic mass is 16.5. The number of furan rings is 1. The topological polar surface area (TPSA) is 83.2 Å². The Morgan fingerprint density at radius 1 is 1.19 bits per heavy atom. The van der Waals surface area contributed by atoms with Gasteiger partial charge in [-0.05, 0) is 69.6 Å². The van der Waals surface area contributed by atoms with Crippen LogP contribution < -0.4 is 4.74 Å². The van der Waals surface area contributed by atoms with Gasteiger partial charge in [-0.25, -0.2) is 0 Å². The van der Waals surface area contributed by atoms with Crippen molar-refractivity contribution < 1.29 is 23.8 Å². The first kappa shape index (κ1) is 21.2. The average Bonchev–Trinajstić information content (AvgIpc) is 3.49. The summed E-state index contributed by atoms with van der Waals surface area (Å²) in [7, 11) is 0. The van der Waals surface area contributed by atoms with Gasteiger partial charge in [0, 0.05) is 13.1 Å². The molecule has 164 valence electrons. The molecule has 0 bridgehead atoms. The zero-order chi connectivity index (χ0) is 22.0. The zero-order valence-corrected chi connectivity index (χ0v) is 17.9. The Bertz CT molecular complexity index is 974. The molecule has 1 amide bonds. The minimum Gasteiger partial charge on any atom is -0.503 e. The molecule has 0 spiro atoms. The number of Topliss-reactive ketones (excluding diaryl/α,β-unsaturated/α-hetero) is 1. The van der Waals surface area contributed by atoms with E-state index in [0.717, 1.165) is 25.9 Å². The molecule has 1 aromatic carbocycles. The maximum Gasteiger partial charge on any atom is 0.290 e. The van der Waals surface area contributed by atoms with E-state index >= 15 is 0 Å². The highest BCUT2D eigenvalue weighted by molar-refractivity contribution is 6.15. The number of nitrogens with zero attached hydrogens (tertiary/aromatic N) is 2. The van der Waals surface area contributed by atoms with Crippen LogP contribution in [0.1, 0.15) is 48.8 Å². The summed E-state index contributed by atoms with van der Waals surface area (Å²) in [6.07, 6.45) is 3.69. The summed E-state index contributed by atoms with van der Waals surface area (Å²) in [6.45, 7) is 6.99. The van der Waals surface area contributed by atoms with Crippen LogP contribution in [0, 0.1) is 0 Å². The molecule has 4 rings (SSSR count). The van der Waals surface area contributed by atoms with Crippen LogP contribution in [0.2, 0.25) is 0 Å². The number of rotatable bonds is 8. The smallest absolute Gasteiger partial charge is 0.290 e. The third-order valence-corrected chi connectivity index (χ3v) is 5.69. The van der Waals surface area contributed by atoms with Crippen LogP contribution in [-0.2, 0) is 4.79 Å². The molecule has 0 radical (unpaired) electrons. The third-order valence-electron chi connectivity index (χ3n) is 5.69. The minimum absolute atomic E-state index is 0.0140. The fraction of sp³-hybridized carbons (Fsp3) is 0.417. The van der Waals surface area contributed by atoms with Crippen LogP contribution in [0.15, 0.2) is 58.4 Å². The molecule has 2 aliphatic rings. The van der Waals surface area contributed by atoms with E-state index in [1.165, 1.54) is 12.3 Å². The monoisotopic (exact) mass is 424 g/mol. The maximum absolute atomic E-state index is 13.2. The van der Waals surface area contributed by atoms with E-state index in [1.807, 2.05) is 38.1 Å². The molecule has 3 heterocycles. The highest BCUT2D eigenvalue weighted by Crippen LogP contribution is 2.40. The average molecular weight is 424 g/mol. The lowest BCUT2D eigenvalue weighted by Crippen LogP contribution is -2.37. The lowest BCUT2D eigenvalue weighted by Gasteiger charge is -2.29. The van der Waals surface area contributed by atoms with Crippen LogP contribution in [0.25, 0.3) is 0 Å². The van der Waals surface area contributed by atoms with E-state index in [0.29, 0.717) is 24.4 Å². The number of likely N-dealkylation sites (tertiary alicyclic amines) is 1.